The summed E-state index contributed by atoms with van der Waals surface area (Å²) in [6.45, 7) is 0. The van der Waals surface area contributed by atoms with Crippen LogP contribution >= 0.6 is 0 Å². The van der Waals surface area contributed by atoms with Gasteiger partial charge in [-0.15, -0.1) is 5.10 Å². The van der Waals surface area contributed by atoms with Crippen molar-refractivity contribution in [1.82, 2.24) is 25.3 Å². The van der Waals surface area contributed by atoms with Crippen LogP contribution in [0.25, 0.3) is 5.69 Å². The second-order valence-corrected chi connectivity index (χ2v) is 4.84. The van der Waals surface area contributed by atoms with Crippen LogP contribution in [-0.4, -0.2) is 25.9 Å². The Labute approximate surface area is 126 Å². The molecular formula is C15H12N6O. The maximum atomic E-state index is 12.1. The molecule has 1 aliphatic heterocycles. The topological polar surface area (TPSA) is 84.7 Å². The molecule has 4 rings (SSSR count). The fourth-order valence-corrected chi connectivity index (χ4v) is 2.33. The maximum Gasteiger partial charge on any atom is 0.256 e. The minimum absolute atomic E-state index is 0.180. The first-order valence-electron chi connectivity index (χ1n) is 6.81. The van der Waals surface area contributed by atoms with Crippen LogP contribution in [-0.2, 0) is 0 Å². The molecule has 0 saturated heterocycles. The second kappa shape index (κ2) is 4.96. The number of fused-ring (bicyclic) bond motifs is 1. The van der Waals surface area contributed by atoms with Gasteiger partial charge in [-0.3, -0.25) is 4.79 Å². The fourth-order valence-electron chi connectivity index (χ4n) is 2.33. The molecule has 2 aromatic heterocycles. The highest BCUT2D eigenvalue weighted by Crippen LogP contribution is 2.23. The number of para-hydroxylation sites is 1. The minimum Gasteiger partial charge on any atom is -0.344 e. The summed E-state index contributed by atoms with van der Waals surface area (Å²) in [5, 5.41) is 14.6. The number of aromatic nitrogens is 4. The Morgan fingerprint density at radius 2 is 1.91 bits per heavy atom. The second-order valence-electron chi connectivity index (χ2n) is 4.84. The zero-order valence-electron chi connectivity index (χ0n) is 11.5. The predicted molar refractivity (Wildman–Crippen MR) is 79.4 cm³/mol. The van der Waals surface area contributed by atoms with E-state index in [9.17, 15) is 4.79 Å². The van der Waals surface area contributed by atoms with E-state index in [4.69, 9.17) is 0 Å². The number of anilines is 1. The SMILES string of the molecule is O=C1N[C@H](c2cnn(-c3ccccc3)n2)Nc2ncccc21. The van der Waals surface area contributed by atoms with Crippen LogP contribution < -0.4 is 10.6 Å². The normalized spacial score (nSPS) is 16.5. The standard InChI is InChI=1S/C15H12N6O/c22-15-11-7-4-8-16-13(11)18-14(19-15)12-9-17-21(20-12)10-5-2-1-3-6-10/h1-9,14H,(H,16,18)(H,19,22)/t14-/m1/s1. The Morgan fingerprint density at radius 3 is 2.77 bits per heavy atom. The Kier molecular flexibility index (Phi) is 2.82. The van der Waals surface area contributed by atoms with Crippen molar-refractivity contribution in [3.63, 3.8) is 0 Å². The van der Waals surface area contributed by atoms with Crippen LogP contribution in [0.3, 0.4) is 0 Å². The monoisotopic (exact) mass is 292 g/mol. The lowest BCUT2D eigenvalue weighted by atomic mass is 10.2. The molecule has 1 atom stereocenters. The molecule has 3 heterocycles. The highest BCUT2D eigenvalue weighted by Gasteiger charge is 2.27. The van der Waals surface area contributed by atoms with Gasteiger partial charge in [0.2, 0.25) is 0 Å². The summed E-state index contributed by atoms with van der Waals surface area (Å²) in [5.41, 5.74) is 2.00. The Morgan fingerprint density at radius 1 is 1.05 bits per heavy atom. The lowest BCUT2D eigenvalue weighted by molar-refractivity contribution is 0.0934. The number of amides is 1. The van der Waals surface area contributed by atoms with Gasteiger partial charge in [-0.1, -0.05) is 18.2 Å². The molecule has 0 unspecified atom stereocenters. The van der Waals surface area contributed by atoms with E-state index in [-0.39, 0.29) is 5.91 Å². The summed E-state index contributed by atoms with van der Waals surface area (Å²) in [6, 6.07) is 13.0. The first-order valence-corrected chi connectivity index (χ1v) is 6.81. The van der Waals surface area contributed by atoms with Gasteiger partial charge in [-0.2, -0.15) is 9.90 Å². The van der Waals surface area contributed by atoms with E-state index in [1.807, 2.05) is 30.3 Å². The van der Waals surface area contributed by atoms with Gasteiger partial charge in [-0.05, 0) is 24.3 Å². The van der Waals surface area contributed by atoms with Gasteiger partial charge >= 0.3 is 0 Å². The van der Waals surface area contributed by atoms with Gasteiger partial charge < -0.3 is 10.6 Å². The average Bonchev–Trinajstić information content (AvgIpc) is 3.06. The van der Waals surface area contributed by atoms with Crippen molar-refractivity contribution < 1.29 is 4.79 Å². The van der Waals surface area contributed by atoms with Gasteiger partial charge in [-0.25, -0.2) is 4.98 Å². The molecule has 108 valence electrons. The van der Waals surface area contributed by atoms with Crippen molar-refractivity contribution in [2.45, 2.75) is 6.17 Å². The third-order valence-corrected chi connectivity index (χ3v) is 3.40. The van der Waals surface area contributed by atoms with Crippen molar-refractivity contribution in [3.05, 3.63) is 66.1 Å². The number of pyridine rings is 1. The molecular weight excluding hydrogens is 280 g/mol. The van der Waals surface area contributed by atoms with E-state index in [0.717, 1.165) is 5.69 Å². The number of benzene rings is 1. The van der Waals surface area contributed by atoms with Crippen LogP contribution in [0, 0.1) is 0 Å². The Hall–Kier alpha value is -3.22. The summed E-state index contributed by atoms with van der Waals surface area (Å²) < 4.78 is 0. The van der Waals surface area contributed by atoms with Gasteiger partial charge in [0.15, 0.2) is 0 Å². The van der Waals surface area contributed by atoms with E-state index in [2.05, 4.69) is 25.8 Å². The van der Waals surface area contributed by atoms with Crippen LogP contribution in [0.2, 0.25) is 0 Å². The molecule has 0 bridgehead atoms. The zero-order valence-corrected chi connectivity index (χ0v) is 11.5. The lowest BCUT2D eigenvalue weighted by Gasteiger charge is -2.25. The molecule has 0 aliphatic carbocycles. The molecule has 0 saturated carbocycles. The van der Waals surface area contributed by atoms with Crippen molar-refractivity contribution in [2.75, 3.05) is 5.32 Å². The third-order valence-electron chi connectivity index (χ3n) is 3.40. The molecule has 1 amide bonds. The van der Waals surface area contributed by atoms with Crippen LogP contribution in [0.1, 0.15) is 22.2 Å². The van der Waals surface area contributed by atoms with Crippen LogP contribution in [0.4, 0.5) is 5.82 Å². The highest BCUT2D eigenvalue weighted by atomic mass is 16.2. The van der Waals surface area contributed by atoms with Gasteiger partial charge in [0.25, 0.3) is 5.91 Å². The number of carbonyl (C=O) groups excluding carboxylic acids is 1. The lowest BCUT2D eigenvalue weighted by Crippen LogP contribution is -2.39. The largest absolute Gasteiger partial charge is 0.344 e. The Balaban J connectivity index is 1.64. The first kappa shape index (κ1) is 12.5. The van der Waals surface area contributed by atoms with E-state index in [1.165, 1.54) is 4.80 Å². The number of hydrogen-bond acceptors (Lipinski definition) is 5. The Bertz CT molecular complexity index is 829. The first-order chi connectivity index (χ1) is 10.8. The van der Waals surface area contributed by atoms with Gasteiger partial charge in [0, 0.05) is 6.20 Å². The molecule has 0 radical (unpaired) electrons. The minimum atomic E-state index is -0.452. The van der Waals surface area contributed by atoms with Crippen molar-refractivity contribution in [3.8, 4) is 5.69 Å². The zero-order chi connectivity index (χ0) is 14.9. The van der Waals surface area contributed by atoms with Gasteiger partial charge in [0.1, 0.15) is 17.7 Å². The average molecular weight is 292 g/mol. The third kappa shape index (κ3) is 2.08. The number of nitrogens with zero attached hydrogens (tertiary/aromatic N) is 4. The smallest absolute Gasteiger partial charge is 0.256 e. The molecule has 3 aromatic rings. The van der Waals surface area contributed by atoms with E-state index in [0.29, 0.717) is 17.1 Å². The number of carbonyl (C=O) groups is 1. The molecule has 7 heteroatoms. The quantitative estimate of drug-likeness (QED) is 0.748. The molecule has 22 heavy (non-hydrogen) atoms. The molecule has 1 aromatic carbocycles. The van der Waals surface area contributed by atoms with Crippen molar-refractivity contribution in [2.24, 2.45) is 0 Å². The summed E-state index contributed by atoms with van der Waals surface area (Å²) >= 11 is 0. The summed E-state index contributed by atoms with van der Waals surface area (Å²) in [7, 11) is 0. The molecule has 2 N–H and O–H groups in total. The fraction of sp³-hybridized carbons (Fsp3) is 0.0667. The summed E-state index contributed by atoms with van der Waals surface area (Å²) in [6.07, 6.45) is 2.81. The summed E-state index contributed by atoms with van der Waals surface area (Å²) in [4.78, 5) is 17.8. The van der Waals surface area contributed by atoms with E-state index in [1.54, 1.807) is 24.5 Å². The van der Waals surface area contributed by atoms with Gasteiger partial charge in [0.05, 0.1) is 17.4 Å². The molecule has 0 fully saturated rings. The van der Waals surface area contributed by atoms with Crippen molar-refractivity contribution in [1.29, 1.82) is 0 Å². The van der Waals surface area contributed by atoms with Crippen LogP contribution in [0.5, 0.6) is 0 Å². The summed E-state index contributed by atoms with van der Waals surface area (Å²) in [5.74, 6) is 0.367. The molecule has 0 spiro atoms. The van der Waals surface area contributed by atoms with Crippen molar-refractivity contribution >= 4 is 11.7 Å². The van der Waals surface area contributed by atoms with Crippen LogP contribution in [0.15, 0.2) is 54.9 Å². The van der Waals surface area contributed by atoms with E-state index >= 15 is 0 Å². The van der Waals surface area contributed by atoms with E-state index < -0.39 is 6.17 Å². The number of nitrogens with one attached hydrogen (secondary N) is 2. The highest BCUT2D eigenvalue weighted by molar-refractivity contribution is 6.00. The predicted octanol–water partition coefficient (Wildman–Crippen LogP) is 1.52. The molecule has 7 nitrogen and oxygen atoms in total. The number of hydrogen-bond donors (Lipinski definition) is 2. The maximum absolute atomic E-state index is 12.1. The molecule has 1 aliphatic rings. The number of rotatable bonds is 2.